The molecule has 0 saturated heterocycles. The molecule has 25 heavy (non-hydrogen) atoms. The van der Waals surface area contributed by atoms with Crippen molar-refractivity contribution in [2.75, 3.05) is 6.54 Å². The van der Waals surface area contributed by atoms with Crippen LogP contribution < -0.4 is 10.1 Å². The first-order chi connectivity index (χ1) is 12.3. The molecule has 1 amide bonds. The SMILES string of the molecule is O=C(NCC1Cc2ccccc2O1)c1csc(Cc2ccccc2)n1. The van der Waals surface area contributed by atoms with Crippen molar-refractivity contribution in [2.45, 2.75) is 18.9 Å². The molecule has 3 aromatic rings. The highest BCUT2D eigenvalue weighted by Gasteiger charge is 2.23. The van der Waals surface area contributed by atoms with E-state index in [0.717, 1.165) is 23.6 Å². The van der Waals surface area contributed by atoms with Gasteiger partial charge >= 0.3 is 0 Å². The maximum Gasteiger partial charge on any atom is 0.270 e. The number of ether oxygens (including phenoxy) is 1. The molecule has 0 fully saturated rings. The molecule has 2 heterocycles. The topological polar surface area (TPSA) is 51.2 Å². The number of aromatic nitrogens is 1. The van der Waals surface area contributed by atoms with Crippen LogP contribution in [0, 0.1) is 0 Å². The van der Waals surface area contributed by atoms with E-state index in [9.17, 15) is 4.79 Å². The van der Waals surface area contributed by atoms with Gasteiger partial charge in [-0.2, -0.15) is 0 Å². The van der Waals surface area contributed by atoms with Crippen LogP contribution in [-0.2, 0) is 12.8 Å². The van der Waals surface area contributed by atoms with Gasteiger partial charge < -0.3 is 10.1 Å². The minimum Gasteiger partial charge on any atom is -0.488 e. The van der Waals surface area contributed by atoms with Crippen molar-refractivity contribution < 1.29 is 9.53 Å². The van der Waals surface area contributed by atoms with E-state index >= 15 is 0 Å². The van der Waals surface area contributed by atoms with E-state index < -0.39 is 0 Å². The molecule has 4 rings (SSSR count). The van der Waals surface area contributed by atoms with Gasteiger partial charge in [-0.25, -0.2) is 4.98 Å². The third-order valence-corrected chi connectivity index (χ3v) is 5.04. The fourth-order valence-corrected chi connectivity index (χ4v) is 3.74. The zero-order valence-corrected chi connectivity index (χ0v) is 14.5. The number of hydrogen-bond acceptors (Lipinski definition) is 4. The third kappa shape index (κ3) is 3.72. The van der Waals surface area contributed by atoms with Gasteiger partial charge in [0.1, 0.15) is 17.5 Å². The summed E-state index contributed by atoms with van der Waals surface area (Å²) in [5, 5.41) is 5.70. The second-order valence-corrected chi connectivity index (χ2v) is 6.99. The van der Waals surface area contributed by atoms with Crippen molar-refractivity contribution >= 4 is 17.2 Å². The molecule has 0 radical (unpaired) electrons. The predicted molar refractivity (Wildman–Crippen MR) is 98.3 cm³/mol. The minimum absolute atomic E-state index is 0.0104. The lowest BCUT2D eigenvalue weighted by Gasteiger charge is -2.11. The molecule has 1 unspecified atom stereocenters. The van der Waals surface area contributed by atoms with Crippen LogP contribution >= 0.6 is 11.3 Å². The van der Waals surface area contributed by atoms with Crippen LogP contribution in [0.3, 0.4) is 0 Å². The zero-order chi connectivity index (χ0) is 17.1. The summed E-state index contributed by atoms with van der Waals surface area (Å²) in [7, 11) is 0. The minimum atomic E-state index is -0.143. The van der Waals surface area contributed by atoms with Gasteiger partial charge in [0.05, 0.1) is 11.6 Å². The van der Waals surface area contributed by atoms with Gasteiger partial charge in [0.25, 0.3) is 5.91 Å². The molecular weight excluding hydrogens is 332 g/mol. The molecule has 0 spiro atoms. The number of nitrogens with zero attached hydrogens (tertiary/aromatic N) is 1. The van der Waals surface area contributed by atoms with E-state index in [-0.39, 0.29) is 12.0 Å². The molecule has 4 nitrogen and oxygen atoms in total. The summed E-state index contributed by atoms with van der Waals surface area (Å²) in [4.78, 5) is 16.8. The summed E-state index contributed by atoms with van der Waals surface area (Å²) in [6.07, 6.45) is 1.57. The van der Waals surface area contributed by atoms with Crippen molar-refractivity contribution in [2.24, 2.45) is 0 Å². The Morgan fingerprint density at radius 3 is 2.80 bits per heavy atom. The Morgan fingerprint density at radius 2 is 1.96 bits per heavy atom. The first-order valence-electron chi connectivity index (χ1n) is 8.29. The van der Waals surface area contributed by atoms with Crippen LogP contribution in [0.2, 0.25) is 0 Å². The predicted octanol–water partition coefficient (Wildman–Crippen LogP) is 3.47. The van der Waals surface area contributed by atoms with E-state index in [0.29, 0.717) is 12.2 Å². The number of carbonyl (C=O) groups excluding carboxylic acids is 1. The van der Waals surface area contributed by atoms with E-state index in [2.05, 4.69) is 28.5 Å². The molecule has 1 atom stereocenters. The number of rotatable bonds is 5. The Morgan fingerprint density at radius 1 is 1.16 bits per heavy atom. The maximum absolute atomic E-state index is 12.3. The number of thiazole rings is 1. The first-order valence-corrected chi connectivity index (χ1v) is 9.17. The Hall–Kier alpha value is -2.66. The summed E-state index contributed by atoms with van der Waals surface area (Å²) < 4.78 is 5.84. The molecule has 1 aromatic heterocycles. The van der Waals surface area contributed by atoms with Crippen LogP contribution in [0.1, 0.15) is 26.6 Å². The molecule has 0 saturated carbocycles. The average molecular weight is 350 g/mol. The lowest BCUT2D eigenvalue weighted by Crippen LogP contribution is -2.34. The Balaban J connectivity index is 1.32. The number of benzene rings is 2. The number of hydrogen-bond donors (Lipinski definition) is 1. The highest BCUT2D eigenvalue weighted by atomic mass is 32.1. The normalized spacial score (nSPS) is 15.4. The van der Waals surface area contributed by atoms with Crippen molar-refractivity contribution in [3.05, 3.63) is 81.8 Å². The van der Waals surface area contributed by atoms with Crippen LogP contribution in [0.4, 0.5) is 0 Å². The molecule has 126 valence electrons. The summed E-state index contributed by atoms with van der Waals surface area (Å²) in [5.41, 5.74) is 2.87. The van der Waals surface area contributed by atoms with Crippen LogP contribution in [-0.4, -0.2) is 23.5 Å². The highest BCUT2D eigenvalue weighted by Crippen LogP contribution is 2.27. The molecule has 1 aliphatic heterocycles. The molecule has 1 aliphatic rings. The molecule has 5 heteroatoms. The molecule has 0 aliphatic carbocycles. The number of carbonyl (C=O) groups is 1. The smallest absolute Gasteiger partial charge is 0.270 e. The van der Waals surface area contributed by atoms with Gasteiger partial charge in [0, 0.05) is 18.2 Å². The largest absolute Gasteiger partial charge is 0.488 e. The average Bonchev–Trinajstić information content (AvgIpc) is 3.27. The fourth-order valence-electron chi connectivity index (χ4n) is 2.93. The highest BCUT2D eigenvalue weighted by molar-refractivity contribution is 7.09. The summed E-state index contributed by atoms with van der Waals surface area (Å²) >= 11 is 1.52. The molecule has 0 bridgehead atoms. The van der Waals surface area contributed by atoms with Crippen molar-refractivity contribution in [1.29, 1.82) is 0 Å². The van der Waals surface area contributed by atoms with Gasteiger partial charge in [-0.05, 0) is 17.2 Å². The lowest BCUT2D eigenvalue weighted by molar-refractivity contribution is 0.0929. The summed E-state index contributed by atoms with van der Waals surface area (Å²) in [5.74, 6) is 0.774. The Bertz CT molecular complexity index is 851. The maximum atomic E-state index is 12.3. The number of fused-ring (bicyclic) bond motifs is 1. The van der Waals surface area contributed by atoms with Crippen LogP contribution in [0.25, 0.3) is 0 Å². The van der Waals surface area contributed by atoms with E-state index in [4.69, 9.17) is 4.74 Å². The first kappa shape index (κ1) is 15.8. The standard InChI is InChI=1S/C20H18N2O2S/c23-20(21-12-16-11-15-8-4-5-9-18(15)24-16)17-13-25-19(22-17)10-14-6-2-1-3-7-14/h1-9,13,16H,10-12H2,(H,21,23). The van der Waals surface area contributed by atoms with Crippen molar-refractivity contribution in [3.8, 4) is 5.75 Å². The fraction of sp³-hybridized carbons (Fsp3) is 0.200. The molecule has 2 aromatic carbocycles. The van der Waals surface area contributed by atoms with E-state index in [1.807, 2.05) is 41.8 Å². The monoisotopic (exact) mass is 350 g/mol. The lowest BCUT2D eigenvalue weighted by atomic mass is 10.1. The van der Waals surface area contributed by atoms with Crippen molar-refractivity contribution in [3.63, 3.8) is 0 Å². The van der Waals surface area contributed by atoms with Crippen molar-refractivity contribution in [1.82, 2.24) is 10.3 Å². The van der Waals surface area contributed by atoms with E-state index in [1.54, 1.807) is 0 Å². The van der Waals surface area contributed by atoms with Gasteiger partial charge in [0.15, 0.2) is 0 Å². The number of amides is 1. The van der Waals surface area contributed by atoms with E-state index in [1.165, 1.54) is 22.5 Å². The second kappa shape index (κ2) is 7.07. The number of para-hydroxylation sites is 1. The Labute approximate surface area is 150 Å². The van der Waals surface area contributed by atoms with Crippen LogP contribution in [0.5, 0.6) is 5.75 Å². The number of nitrogens with one attached hydrogen (secondary N) is 1. The summed E-state index contributed by atoms with van der Waals surface area (Å²) in [6.45, 7) is 0.485. The van der Waals surface area contributed by atoms with Gasteiger partial charge in [-0.3, -0.25) is 4.79 Å². The molecular formula is C20H18N2O2S. The van der Waals surface area contributed by atoms with Gasteiger partial charge in [0.2, 0.25) is 0 Å². The third-order valence-electron chi connectivity index (χ3n) is 4.19. The summed E-state index contributed by atoms with van der Waals surface area (Å²) in [6, 6.07) is 18.1. The van der Waals surface area contributed by atoms with Gasteiger partial charge in [-0.1, -0.05) is 48.5 Å². The quantitative estimate of drug-likeness (QED) is 0.767. The molecule has 1 N–H and O–H groups in total. The van der Waals surface area contributed by atoms with Crippen LogP contribution in [0.15, 0.2) is 60.0 Å². The Kier molecular flexibility index (Phi) is 4.48. The van der Waals surface area contributed by atoms with Gasteiger partial charge in [-0.15, -0.1) is 11.3 Å². The zero-order valence-electron chi connectivity index (χ0n) is 13.6. The second-order valence-electron chi connectivity index (χ2n) is 6.05.